The lowest BCUT2D eigenvalue weighted by atomic mass is 9.90. The predicted octanol–water partition coefficient (Wildman–Crippen LogP) is 3.84. The number of anilines is 1. The van der Waals surface area contributed by atoms with E-state index in [0.29, 0.717) is 35.4 Å². The van der Waals surface area contributed by atoms with E-state index in [0.717, 1.165) is 42.5 Å². The van der Waals surface area contributed by atoms with Gasteiger partial charge in [0.05, 0.1) is 24.6 Å². The minimum atomic E-state index is -0.451. The lowest BCUT2D eigenvalue weighted by Crippen LogP contribution is -2.40. The van der Waals surface area contributed by atoms with E-state index in [4.69, 9.17) is 9.98 Å². The molecule has 10 nitrogen and oxygen atoms in total. The molecule has 2 aliphatic rings. The Hall–Kier alpha value is -4.26. The minimum absolute atomic E-state index is 0.0330. The van der Waals surface area contributed by atoms with Crippen molar-refractivity contribution in [2.45, 2.75) is 77.9 Å². The van der Waals surface area contributed by atoms with Gasteiger partial charge in [0.25, 0.3) is 5.56 Å². The summed E-state index contributed by atoms with van der Waals surface area (Å²) in [5.41, 5.74) is 1.44. The van der Waals surface area contributed by atoms with Gasteiger partial charge in [-0.05, 0) is 51.5 Å². The Morgan fingerprint density at radius 3 is 2.64 bits per heavy atom. The van der Waals surface area contributed by atoms with Crippen LogP contribution in [0.3, 0.4) is 0 Å². The van der Waals surface area contributed by atoms with Gasteiger partial charge in [0.15, 0.2) is 11.2 Å². The number of aliphatic imine (C=N–C) groups is 1. The van der Waals surface area contributed by atoms with Crippen LogP contribution in [0.25, 0.3) is 22.1 Å². The highest BCUT2D eigenvalue weighted by Gasteiger charge is 2.27. The predicted molar refractivity (Wildman–Crippen MR) is 166 cm³/mol. The van der Waals surface area contributed by atoms with Crippen molar-refractivity contribution in [3.05, 3.63) is 56.6 Å². The van der Waals surface area contributed by atoms with Crippen LogP contribution in [0.15, 0.2) is 38.8 Å². The van der Waals surface area contributed by atoms with Crippen molar-refractivity contribution in [2.24, 2.45) is 18.0 Å². The number of aromatic nitrogens is 6. The molecule has 10 heteroatoms. The summed E-state index contributed by atoms with van der Waals surface area (Å²) in [7, 11) is 1.66. The monoisotopic (exact) mass is 566 g/mol. The molecule has 1 saturated heterocycles. The second-order valence-corrected chi connectivity index (χ2v) is 11.5. The molecule has 0 N–H and O–H groups in total. The smallest absolute Gasteiger partial charge is 0.332 e. The van der Waals surface area contributed by atoms with E-state index < -0.39 is 11.2 Å². The zero-order chi connectivity index (χ0) is 29.2. The van der Waals surface area contributed by atoms with E-state index in [-0.39, 0.29) is 12.6 Å². The number of hydrogen-bond donors (Lipinski definition) is 0. The summed E-state index contributed by atoms with van der Waals surface area (Å²) in [4.78, 5) is 48.9. The van der Waals surface area contributed by atoms with Crippen molar-refractivity contribution < 1.29 is 0 Å². The Bertz CT molecular complexity index is 1830. The van der Waals surface area contributed by atoms with Crippen molar-refractivity contribution >= 4 is 34.2 Å². The highest BCUT2D eigenvalue weighted by Crippen LogP contribution is 2.26. The molecule has 4 heterocycles. The van der Waals surface area contributed by atoms with Crippen molar-refractivity contribution in [2.75, 3.05) is 18.0 Å². The van der Waals surface area contributed by atoms with Gasteiger partial charge in [0.1, 0.15) is 5.82 Å². The van der Waals surface area contributed by atoms with E-state index >= 15 is 0 Å². The average Bonchev–Trinajstić information content (AvgIpc) is 3.40. The zero-order valence-corrected chi connectivity index (χ0v) is 24.7. The topological polar surface area (TPSA) is 103 Å². The number of aryl methyl sites for hydroxylation is 2. The molecule has 1 saturated carbocycles. The summed E-state index contributed by atoms with van der Waals surface area (Å²) >= 11 is 0. The molecule has 42 heavy (non-hydrogen) atoms. The largest absolute Gasteiger partial charge is 0.340 e. The first-order valence-electron chi connectivity index (χ1n) is 15.0. The number of hydrogen-bond acceptors (Lipinski definition) is 7. The summed E-state index contributed by atoms with van der Waals surface area (Å²) in [6, 6.07) is 7.91. The van der Waals surface area contributed by atoms with Gasteiger partial charge in [-0.15, -0.1) is 5.92 Å². The Balaban J connectivity index is 1.39. The van der Waals surface area contributed by atoms with Gasteiger partial charge in [-0.2, -0.15) is 4.98 Å². The van der Waals surface area contributed by atoms with Crippen molar-refractivity contribution in [3.63, 3.8) is 0 Å². The second kappa shape index (κ2) is 11.9. The molecule has 218 valence electrons. The highest BCUT2D eigenvalue weighted by atomic mass is 16.2. The summed E-state index contributed by atoms with van der Waals surface area (Å²) in [6.45, 7) is 5.49. The quantitative estimate of drug-likeness (QED) is 0.260. The van der Waals surface area contributed by atoms with E-state index in [1.807, 2.05) is 35.8 Å². The van der Waals surface area contributed by atoms with Gasteiger partial charge in [-0.25, -0.2) is 14.8 Å². The second-order valence-electron chi connectivity index (χ2n) is 11.5. The van der Waals surface area contributed by atoms with E-state index in [9.17, 15) is 9.59 Å². The third-order valence-corrected chi connectivity index (χ3v) is 8.60. The molecule has 1 aliphatic heterocycles. The van der Waals surface area contributed by atoms with Crippen molar-refractivity contribution in [3.8, 4) is 11.8 Å². The fraction of sp³-hybridized carbons (Fsp3) is 0.500. The maximum atomic E-state index is 14.0. The normalized spacial score (nSPS) is 18.2. The van der Waals surface area contributed by atoms with Crippen LogP contribution in [0.2, 0.25) is 0 Å². The molecule has 0 radical (unpaired) electrons. The Labute approximate surface area is 245 Å². The number of imidazole rings is 1. The lowest BCUT2D eigenvalue weighted by Gasteiger charge is -2.32. The van der Waals surface area contributed by atoms with Crippen LogP contribution < -0.4 is 16.1 Å². The third kappa shape index (κ3) is 5.36. The van der Waals surface area contributed by atoms with Crippen LogP contribution in [-0.2, 0) is 20.1 Å². The van der Waals surface area contributed by atoms with Gasteiger partial charge in [-0.1, -0.05) is 43.4 Å². The van der Waals surface area contributed by atoms with E-state index in [2.05, 4.69) is 32.9 Å². The number of piperidine rings is 1. The molecule has 0 amide bonds. The van der Waals surface area contributed by atoms with E-state index in [1.54, 1.807) is 14.0 Å². The van der Waals surface area contributed by atoms with Crippen LogP contribution in [0.4, 0.5) is 5.95 Å². The van der Waals surface area contributed by atoms with Gasteiger partial charge in [-0.3, -0.25) is 23.5 Å². The molecule has 1 aromatic carbocycles. The summed E-state index contributed by atoms with van der Waals surface area (Å²) in [5.74, 6) is 7.73. The van der Waals surface area contributed by atoms with Crippen LogP contribution in [0.1, 0.15) is 63.4 Å². The first kappa shape index (κ1) is 27.9. The molecule has 1 unspecified atom stereocenters. The Morgan fingerprint density at radius 1 is 1.02 bits per heavy atom. The summed E-state index contributed by atoms with van der Waals surface area (Å²) in [6.07, 6.45) is 10.6. The molecule has 4 aromatic rings. The Kier molecular flexibility index (Phi) is 7.92. The Morgan fingerprint density at radius 2 is 1.83 bits per heavy atom. The maximum Gasteiger partial charge on any atom is 0.332 e. The number of rotatable bonds is 6. The number of para-hydroxylation sites is 1. The lowest BCUT2D eigenvalue weighted by molar-refractivity contribution is 0.439. The van der Waals surface area contributed by atoms with E-state index in [1.165, 1.54) is 41.2 Å². The first-order chi connectivity index (χ1) is 20.4. The third-order valence-electron chi connectivity index (χ3n) is 8.60. The highest BCUT2D eigenvalue weighted by molar-refractivity contribution is 5.80. The molecule has 0 bridgehead atoms. The molecular formula is C32H38N8O2. The maximum absolute atomic E-state index is 14.0. The van der Waals surface area contributed by atoms with Crippen molar-refractivity contribution in [1.29, 1.82) is 0 Å². The van der Waals surface area contributed by atoms with Gasteiger partial charge in [0.2, 0.25) is 5.95 Å². The molecule has 0 spiro atoms. The van der Waals surface area contributed by atoms with Crippen molar-refractivity contribution in [1.82, 2.24) is 28.7 Å². The molecule has 1 aliphatic carbocycles. The number of nitrogens with zero attached hydrogens (tertiary/aromatic N) is 8. The molecule has 2 fully saturated rings. The first-order valence-corrected chi connectivity index (χ1v) is 15.0. The number of fused-ring (bicyclic) bond motifs is 2. The fourth-order valence-electron chi connectivity index (χ4n) is 6.34. The minimum Gasteiger partial charge on any atom is -0.340 e. The SMILES string of the molecule is CC#CCn1c(N2CCCC(/N=C/C3CCCCC3)C2)nc2c1c(=O)n(Cc1nc(C)c3ccccc3n1)c(=O)n2C. The zero-order valence-electron chi connectivity index (χ0n) is 24.7. The molecule has 3 aromatic heterocycles. The van der Waals surface area contributed by atoms with Crippen LogP contribution in [0.5, 0.6) is 0 Å². The van der Waals surface area contributed by atoms with Crippen LogP contribution in [-0.4, -0.2) is 54.0 Å². The number of benzene rings is 1. The van der Waals surface area contributed by atoms with Crippen LogP contribution in [0, 0.1) is 24.7 Å². The van der Waals surface area contributed by atoms with Gasteiger partial charge >= 0.3 is 5.69 Å². The average molecular weight is 567 g/mol. The van der Waals surface area contributed by atoms with Crippen LogP contribution >= 0.6 is 0 Å². The van der Waals surface area contributed by atoms with Gasteiger partial charge in [0, 0.05) is 37.4 Å². The summed E-state index contributed by atoms with van der Waals surface area (Å²) in [5, 5.41) is 0.945. The standard InChI is InChI=1S/C32H38N8O2/c1-4-5-18-39-28-29(36-31(39)38-17-11-14-24(20-38)33-19-23-12-7-6-8-13-23)37(3)32(42)40(30(28)41)21-27-34-22(2)25-15-9-10-16-26(25)35-27/h9-10,15-16,19,23-24H,6-8,11-14,17-18,20-21H2,1-3H3/b33-19+. The van der Waals surface area contributed by atoms with Gasteiger partial charge < -0.3 is 4.90 Å². The summed E-state index contributed by atoms with van der Waals surface area (Å²) < 4.78 is 4.52. The molecule has 6 rings (SSSR count). The fourth-order valence-corrected chi connectivity index (χ4v) is 6.34. The molecular weight excluding hydrogens is 528 g/mol. The molecule has 1 atom stereocenters.